The Bertz CT molecular complexity index is 708. The summed E-state index contributed by atoms with van der Waals surface area (Å²) in [6.07, 6.45) is 0.971. The van der Waals surface area contributed by atoms with Crippen LogP contribution < -0.4 is 5.32 Å². The topological polar surface area (TPSA) is 45.2 Å². The minimum atomic E-state index is -0.0732. The summed E-state index contributed by atoms with van der Waals surface area (Å²) in [7, 11) is 0. The number of carbonyl (C=O) groups is 1. The fraction of sp³-hybridized carbons (Fsp3) is 0.412. The molecular weight excluding hydrogens is 294 g/mol. The fourth-order valence-corrected chi connectivity index (χ4v) is 3.85. The Kier molecular flexibility index (Phi) is 4.27. The lowest BCUT2D eigenvalue weighted by Crippen LogP contribution is -2.29. The van der Waals surface area contributed by atoms with Crippen molar-refractivity contribution in [3.05, 3.63) is 45.5 Å². The van der Waals surface area contributed by atoms with Gasteiger partial charge in [0.05, 0.1) is 5.69 Å². The summed E-state index contributed by atoms with van der Waals surface area (Å²) < 4.78 is 0. The molecule has 1 N–H and O–H groups in total. The van der Waals surface area contributed by atoms with E-state index in [-0.39, 0.29) is 5.91 Å². The molecular formula is C17H21N3OS. The highest BCUT2D eigenvalue weighted by molar-refractivity contribution is 7.15. The maximum Gasteiger partial charge on any atom is 0.257 e. The minimum absolute atomic E-state index is 0.0732. The molecule has 5 heteroatoms. The van der Waals surface area contributed by atoms with Gasteiger partial charge in [-0.3, -0.25) is 15.0 Å². The van der Waals surface area contributed by atoms with Crippen molar-refractivity contribution in [2.45, 2.75) is 33.7 Å². The van der Waals surface area contributed by atoms with Crippen LogP contribution in [0.25, 0.3) is 0 Å². The van der Waals surface area contributed by atoms with Crippen LogP contribution in [0.1, 0.15) is 39.0 Å². The number of hydrogen-bond acceptors (Lipinski definition) is 4. The number of thiazole rings is 1. The number of nitrogens with one attached hydrogen (secondary N) is 1. The Labute approximate surface area is 135 Å². The van der Waals surface area contributed by atoms with Crippen molar-refractivity contribution < 1.29 is 4.79 Å². The third kappa shape index (κ3) is 3.05. The second-order valence-electron chi connectivity index (χ2n) is 5.78. The summed E-state index contributed by atoms with van der Waals surface area (Å²) in [5, 5.41) is 3.67. The summed E-state index contributed by atoms with van der Waals surface area (Å²) >= 11 is 1.60. The second kappa shape index (κ2) is 6.18. The van der Waals surface area contributed by atoms with Crippen LogP contribution >= 0.6 is 11.3 Å². The van der Waals surface area contributed by atoms with Gasteiger partial charge in [0.1, 0.15) is 0 Å². The Morgan fingerprint density at radius 2 is 2.23 bits per heavy atom. The van der Waals surface area contributed by atoms with E-state index < -0.39 is 0 Å². The van der Waals surface area contributed by atoms with E-state index in [9.17, 15) is 4.79 Å². The molecule has 0 saturated carbocycles. The minimum Gasteiger partial charge on any atom is -0.298 e. The molecule has 1 amide bonds. The first-order valence-corrected chi connectivity index (χ1v) is 8.48. The normalized spacial score (nSPS) is 14.7. The molecule has 0 spiro atoms. The molecule has 0 radical (unpaired) electrons. The molecule has 22 heavy (non-hydrogen) atoms. The number of anilines is 1. The number of amides is 1. The van der Waals surface area contributed by atoms with E-state index in [2.05, 4.69) is 22.1 Å². The Balaban J connectivity index is 1.76. The Morgan fingerprint density at radius 3 is 2.95 bits per heavy atom. The lowest BCUT2D eigenvalue weighted by atomic mass is 10.1. The SMILES string of the molecule is CCN1CCc2nc(NC(=O)c3ccc(C)cc3C)sc2C1. The first kappa shape index (κ1) is 15.2. The number of fused-ring (bicyclic) bond motifs is 1. The maximum atomic E-state index is 12.4. The smallest absolute Gasteiger partial charge is 0.257 e. The first-order chi connectivity index (χ1) is 10.6. The van der Waals surface area contributed by atoms with E-state index in [1.165, 1.54) is 10.4 Å². The zero-order valence-corrected chi connectivity index (χ0v) is 14.1. The van der Waals surface area contributed by atoms with Crippen LogP contribution in [-0.4, -0.2) is 28.9 Å². The molecule has 0 unspecified atom stereocenters. The van der Waals surface area contributed by atoms with Crippen molar-refractivity contribution in [1.82, 2.24) is 9.88 Å². The summed E-state index contributed by atoms with van der Waals surface area (Å²) in [4.78, 5) is 20.7. The van der Waals surface area contributed by atoms with Gasteiger partial charge in [0.2, 0.25) is 0 Å². The molecule has 0 saturated heterocycles. The average molecular weight is 315 g/mol. The summed E-state index contributed by atoms with van der Waals surface area (Å²) in [6, 6.07) is 5.88. The number of carbonyl (C=O) groups excluding carboxylic acids is 1. The molecule has 2 aromatic rings. The van der Waals surface area contributed by atoms with E-state index in [0.717, 1.165) is 37.3 Å². The first-order valence-electron chi connectivity index (χ1n) is 7.66. The molecule has 0 aliphatic carbocycles. The van der Waals surface area contributed by atoms with Gasteiger partial charge in [0, 0.05) is 30.0 Å². The van der Waals surface area contributed by atoms with Crippen molar-refractivity contribution in [1.29, 1.82) is 0 Å². The summed E-state index contributed by atoms with van der Waals surface area (Å²) in [5.74, 6) is -0.0732. The van der Waals surface area contributed by atoms with Crippen LogP contribution in [0.5, 0.6) is 0 Å². The zero-order chi connectivity index (χ0) is 15.7. The predicted octanol–water partition coefficient (Wildman–Crippen LogP) is 3.39. The van der Waals surface area contributed by atoms with Gasteiger partial charge < -0.3 is 0 Å². The summed E-state index contributed by atoms with van der Waals surface area (Å²) in [5.41, 5.74) is 4.02. The highest BCUT2D eigenvalue weighted by Gasteiger charge is 2.20. The van der Waals surface area contributed by atoms with Crippen molar-refractivity contribution in [3.63, 3.8) is 0 Å². The second-order valence-corrected chi connectivity index (χ2v) is 6.86. The number of aryl methyl sites for hydroxylation is 2. The van der Waals surface area contributed by atoms with Crippen LogP contribution in [0.3, 0.4) is 0 Å². The van der Waals surface area contributed by atoms with Crippen LogP contribution in [0.15, 0.2) is 18.2 Å². The van der Waals surface area contributed by atoms with Gasteiger partial charge in [-0.15, -0.1) is 11.3 Å². The van der Waals surface area contributed by atoms with Gasteiger partial charge in [-0.2, -0.15) is 0 Å². The van der Waals surface area contributed by atoms with E-state index >= 15 is 0 Å². The number of likely N-dealkylation sites (N-methyl/N-ethyl adjacent to an activating group) is 1. The van der Waals surface area contributed by atoms with Crippen LogP contribution in [0, 0.1) is 13.8 Å². The standard InChI is InChI=1S/C17H21N3OS/c1-4-20-8-7-14-15(10-20)22-17(18-14)19-16(21)13-6-5-11(2)9-12(13)3/h5-6,9H,4,7-8,10H2,1-3H3,(H,18,19,21). The van der Waals surface area contributed by atoms with E-state index in [1.54, 1.807) is 11.3 Å². The fourth-order valence-electron chi connectivity index (χ4n) is 2.80. The van der Waals surface area contributed by atoms with Gasteiger partial charge in [0.25, 0.3) is 5.91 Å². The van der Waals surface area contributed by atoms with Crippen molar-refractivity contribution in [2.24, 2.45) is 0 Å². The quantitative estimate of drug-likeness (QED) is 0.944. The molecule has 1 aliphatic heterocycles. The molecule has 4 nitrogen and oxygen atoms in total. The molecule has 116 valence electrons. The molecule has 3 rings (SSSR count). The van der Waals surface area contributed by atoms with Crippen LogP contribution in [0.2, 0.25) is 0 Å². The van der Waals surface area contributed by atoms with Crippen LogP contribution in [-0.2, 0) is 13.0 Å². The van der Waals surface area contributed by atoms with Gasteiger partial charge in [-0.05, 0) is 32.0 Å². The van der Waals surface area contributed by atoms with Crippen molar-refractivity contribution in [2.75, 3.05) is 18.4 Å². The molecule has 0 fully saturated rings. The van der Waals surface area contributed by atoms with Gasteiger partial charge in [-0.1, -0.05) is 24.6 Å². The lowest BCUT2D eigenvalue weighted by Gasteiger charge is -2.23. The zero-order valence-electron chi connectivity index (χ0n) is 13.3. The highest BCUT2D eigenvalue weighted by atomic mass is 32.1. The average Bonchev–Trinajstić information content (AvgIpc) is 2.87. The van der Waals surface area contributed by atoms with Gasteiger partial charge in [-0.25, -0.2) is 4.98 Å². The Hall–Kier alpha value is -1.72. The van der Waals surface area contributed by atoms with Crippen molar-refractivity contribution >= 4 is 22.4 Å². The molecule has 1 aliphatic rings. The van der Waals surface area contributed by atoms with Gasteiger partial charge >= 0.3 is 0 Å². The van der Waals surface area contributed by atoms with E-state index in [1.807, 2.05) is 32.0 Å². The number of rotatable bonds is 3. The number of nitrogens with zero attached hydrogens (tertiary/aromatic N) is 2. The third-order valence-electron chi connectivity index (χ3n) is 4.10. The third-order valence-corrected chi connectivity index (χ3v) is 5.10. The highest BCUT2D eigenvalue weighted by Crippen LogP contribution is 2.28. The van der Waals surface area contributed by atoms with E-state index in [0.29, 0.717) is 10.7 Å². The van der Waals surface area contributed by atoms with Crippen LogP contribution in [0.4, 0.5) is 5.13 Å². The largest absolute Gasteiger partial charge is 0.298 e. The lowest BCUT2D eigenvalue weighted by molar-refractivity contribution is 0.102. The molecule has 1 aromatic carbocycles. The predicted molar refractivity (Wildman–Crippen MR) is 90.6 cm³/mol. The van der Waals surface area contributed by atoms with Crippen molar-refractivity contribution in [3.8, 4) is 0 Å². The number of aromatic nitrogens is 1. The summed E-state index contributed by atoms with van der Waals surface area (Å²) in [6.45, 7) is 9.23. The van der Waals surface area contributed by atoms with E-state index in [4.69, 9.17) is 0 Å². The molecule has 0 bridgehead atoms. The maximum absolute atomic E-state index is 12.4. The number of hydrogen-bond donors (Lipinski definition) is 1. The monoisotopic (exact) mass is 315 g/mol. The molecule has 2 heterocycles. The number of benzene rings is 1. The Morgan fingerprint density at radius 1 is 1.41 bits per heavy atom. The molecule has 1 aromatic heterocycles. The van der Waals surface area contributed by atoms with Gasteiger partial charge in [0.15, 0.2) is 5.13 Å². The molecule has 0 atom stereocenters.